The molecule has 0 saturated carbocycles. The van der Waals surface area contributed by atoms with Gasteiger partial charge in [-0.15, -0.1) is 5.54 Å². The highest BCUT2D eigenvalue weighted by molar-refractivity contribution is 6.83. The molecule has 0 unspecified atom stereocenters. The van der Waals surface area contributed by atoms with Crippen molar-refractivity contribution in [2.24, 2.45) is 0 Å². The molecule has 0 aromatic carbocycles. The number of anilines is 1. The molecule has 0 atom stereocenters. The van der Waals surface area contributed by atoms with E-state index in [4.69, 9.17) is 0 Å². The third-order valence-electron chi connectivity index (χ3n) is 2.43. The maximum atomic E-state index is 11.4. The van der Waals surface area contributed by atoms with Crippen molar-refractivity contribution in [1.82, 2.24) is 4.98 Å². The van der Waals surface area contributed by atoms with Crippen LogP contribution in [0.25, 0.3) is 0 Å². The van der Waals surface area contributed by atoms with Crippen molar-refractivity contribution in [1.29, 1.82) is 0 Å². The predicted molar refractivity (Wildman–Crippen MR) is 84.7 cm³/mol. The summed E-state index contributed by atoms with van der Waals surface area (Å²) in [7, 11) is -1.46. The van der Waals surface area contributed by atoms with E-state index in [-0.39, 0.29) is 0 Å². The Morgan fingerprint density at radius 1 is 1.30 bits per heavy atom. The predicted octanol–water partition coefficient (Wildman–Crippen LogP) is 3.59. The number of nitrogens with zero attached hydrogens (tertiary/aromatic N) is 2. The third-order valence-corrected chi connectivity index (χ3v) is 3.30. The topological polar surface area (TPSA) is 53.4 Å². The van der Waals surface area contributed by atoms with E-state index in [1.54, 1.807) is 18.5 Å². The third kappa shape index (κ3) is 4.70. The molecule has 0 saturated heterocycles. The largest absolute Gasteiger partial charge is 0.465 e. The molecule has 0 aliphatic carbocycles. The molecule has 4 nitrogen and oxygen atoms in total. The molecule has 0 spiro atoms. The molecule has 0 radical (unpaired) electrons. The van der Waals surface area contributed by atoms with Gasteiger partial charge in [-0.2, -0.15) is 0 Å². The van der Waals surface area contributed by atoms with Gasteiger partial charge in [-0.3, -0.25) is 9.88 Å². The van der Waals surface area contributed by atoms with Crippen LogP contribution in [0.4, 0.5) is 10.5 Å². The maximum Gasteiger partial charge on any atom is 0.412 e. The standard InChI is InChI=1S/C15H22N2O2Si/c1-15(2,3)17(14(18)19)13-9-12(10-16-11-13)7-8-20(4,5)6/h9-11H,1-6H3,(H,18,19). The minimum atomic E-state index is -1.46. The summed E-state index contributed by atoms with van der Waals surface area (Å²) in [5.74, 6) is 3.10. The zero-order chi connectivity index (χ0) is 15.6. The van der Waals surface area contributed by atoms with Crippen molar-refractivity contribution < 1.29 is 9.90 Å². The lowest BCUT2D eigenvalue weighted by atomic mass is 10.1. The first-order chi connectivity index (χ1) is 9.00. The molecule has 0 bridgehead atoms. The Hall–Kier alpha value is -1.80. The van der Waals surface area contributed by atoms with E-state index in [0.29, 0.717) is 5.69 Å². The summed E-state index contributed by atoms with van der Waals surface area (Å²) in [6.45, 7) is 12.0. The van der Waals surface area contributed by atoms with Crippen LogP contribution in [0.1, 0.15) is 26.3 Å². The molecule has 0 aliphatic rings. The maximum absolute atomic E-state index is 11.4. The second-order valence-corrected chi connectivity index (χ2v) is 11.5. The number of hydrogen-bond donors (Lipinski definition) is 1. The molecule has 108 valence electrons. The lowest BCUT2D eigenvalue weighted by Crippen LogP contribution is -2.45. The van der Waals surface area contributed by atoms with Crippen LogP contribution in [0.5, 0.6) is 0 Å². The Morgan fingerprint density at radius 3 is 2.35 bits per heavy atom. The van der Waals surface area contributed by atoms with Crippen LogP contribution in [-0.2, 0) is 0 Å². The van der Waals surface area contributed by atoms with E-state index in [1.807, 2.05) is 20.8 Å². The van der Waals surface area contributed by atoms with Gasteiger partial charge in [0.25, 0.3) is 0 Å². The van der Waals surface area contributed by atoms with E-state index in [2.05, 4.69) is 36.1 Å². The van der Waals surface area contributed by atoms with Crippen LogP contribution in [0.3, 0.4) is 0 Å². The molecule has 1 aromatic rings. The Morgan fingerprint density at radius 2 is 1.90 bits per heavy atom. The Bertz CT molecular complexity index is 560. The number of carboxylic acid groups (broad SMARTS) is 1. The smallest absolute Gasteiger partial charge is 0.412 e. The summed E-state index contributed by atoms with van der Waals surface area (Å²) in [5, 5.41) is 9.38. The number of pyridine rings is 1. The first kappa shape index (κ1) is 16.3. The van der Waals surface area contributed by atoms with Crippen molar-refractivity contribution in [2.45, 2.75) is 46.0 Å². The van der Waals surface area contributed by atoms with Crippen molar-refractivity contribution in [3.8, 4) is 11.5 Å². The molecular formula is C15H22N2O2Si. The average molecular weight is 290 g/mol. The molecule has 0 fully saturated rings. The zero-order valence-corrected chi connectivity index (χ0v) is 14.0. The number of aromatic nitrogens is 1. The highest BCUT2D eigenvalue weighted by atomic mass is 28.3. The fraction of sp³-hybridized carbons (Fsp3) is 0.467. The molecule has 20 heavy (non-hydrogen) atoms. The lowest BCUT2D eigenvalue weighted by Gasteiger charge is -2.32. The normalized spacial score (nSPS) is 11.5. The number of rotatable bonds is 1. The number of hydrogen-bond acceptors (Lipinski definition) is 2. The fourth-order valence-corrected chi connectivity index (χ4v) is 2.18. The van der Waals surface area contributed by atoms with Crippen LogP contribution < -0.4 is 4.90 Å². The number of amides is 1. The molecule has 0 aliphatic heterocycles. The van der Waals surface area contributed by atoms with Crippen LogP contribution in [0.15, 0.2) is 18.5 Å². The summed E-state index contributed by atoms with van der Waals surface area (Å²) in [6, 6.07) is 1.78. The van der Waals surface area contributed by atoms with Gasteiger partial charge in [0.05, 0.1) is 11.9 Å². The van der Waals surface area contributed by atoms with E-state index in [1.165, 1.54) is 4.90 Å². The van der Waals surface area contributed by atoms with Gasteiger partial charge < -0.3 is 5.11 Å². The summed E-state index contributed by atoms with van der Waals surface area (Å²) >= 11 is 0. The van der Waals surface area contributed by atoms with Gasteiger partial charge in [-0.25, -0.2) is 4.79 Å². The van der Waals surface area contributed by atoms with Gasteiger partial charge >= 0.3 is 6.09 Å². The van der Waals surface area contributed by atoms with Gasteiger partial charge in [-0.05, 0) is 26.8 Å². The summed E-state index contributed by atoms with van der Waals surface area (Å²) in [6.07, 6.45) is 2.23. The van der Waals surface area contributed by atoms with Gasteiger partial charge in [0.1, 0.15) is 8.07 Å². The van der Waals surface area contributed by atoms with E-state index >= 15 is 0 Å². The van der Waals surface area contributed by atoms with E-state index < -0.39 is 19.7 Å². The molecule has 1 rings (SSSR count). The van der Waals surface area contributed by atoms with Crippen LogP contribution in [0, 0.1) is 11.5 Å². The highest BCUT2D eigenvalue weighted by Gasteiger charge is 2.28. The molecule has 1 heterocycles. The minimum Gasteiger partial charge on any atom is -0.465 e. The Balaban J connectivity index is 3.20. The SMILES string of the molecule is CC(C)(C)N(C(=O)O)c1cncc(C#C[Si](C)(C)C)c1. The van der Waals surface area contributed by atoms with Crippen molar-refractivity contribution in [3.63, 3.8) is 0 Å². The van der Waals surface area contributed by atoms with E-state index in [0.717, 1.165) is 5.56 Å². The lowest BCUT2D eigenvalue weighted by molar-refractivity contribution is 0.195. The van der Waals surface area contributed by atoms with Crippen LogP contribution >= 0.6 is 0 Å². The average Bonchev–Trinajstić information content (AvgIpc) is 2.23. The molecule has 5 heteroatoms. The zero-order valence-electron chi connectivity index (χ0n) is 13.0. The highest BCUT2D eigenvalue weighted by Crippen LogP contribution is 2.23. The first-order valence-corrected chi connectivity index (χ1v) is 10.0. The van der Waals surface area contributed by atoms with E-state index in [9.17, 15) is 9.90 Å². The Labute approximate surface area is 121 Å². The van der Waals surface area contributed by atoms with Crippen LogP contribution in [-0.4, -0.2) is 29.8 Å². The summed E-state index contributed by atoms with van der Waals surface area (Å²) in [4.78, 5) is 16.9. The van der Waals surface area contributed by atoms with Crippen LogP contribution in [0.2, 0.25) is 19.6 Å². The molecule has 1 N–H and O–H groups in total. The number of carbonyl (C=O) groups is 1. The van der Waals surface area contributed by atoms with Gasteiger partial charge in [0, 0.05) is 17.3 Å². The van der Waals surface area contributed by atoms with Gasteiger partial charge in [0.15, 0.2) is 0 Å². The summed E-state index contributed by atoms with van der Waals surface area (Å²) in [5.41, 5.74) is 4.02. The second kappa shape index (κ2) is 5.67. The summed E-state index contributed by atoms with van der Waals surface area (Å²) < 4.78 is 0. The van der Waals surface area contributed by atoms with Crippen molar-refractivity contribution >= 4 is 19.9 Å². The quantitative estimate of drug-likeness (QED) is 0.635. The van der Waals surface area contributed by atoms with Crippen molar-refractivity contribution in [2.75, 3.05) is 4.90 Å². The second-order valence-electron chi connectivity index (χ2n) is 6.72. The molecule has 1 aromatic heterocycles. The first-order valence-electron chi connectivity index (χ1n) is 6.52. The molecular weight excluding hydrogens is 268 g/mol. The monoisotopic (exact) mass is 290 g/mol. The van der Waals surface area contributed by atoms with Gasteiger partial charge in [-0.1, -0.05) is 25.6 Å². The van der Waals surface area contributed by atoms with Gasteiger partial charge in [0.2, 0.25) is 0 Å². The fourth-order valence-electron chi connectivity index (χ4n) is 1.66. The van der Waals surface area contributed by atoms with Crippen molar-refractivity contribution in [3.05, 3.63) is 24.0 Å². The minimum absolute atomic E-state index is 0.529. The molecule has 1 amide bonds. The Kier molecular flexibility index (Phi) is 4.61.